The highest BCUT2D eigenvalue weighted by molar-refractivity contribution is 5.20. The molecule has 0 atom stereocenters. The molecule has 0 radical (unpaired) electrons. The number of hydrogen-bond donors (Lipinski definition) is 1. The molecule has 1 heterocycles. The lowest BCUT2D eigenvalue weighted by molar-refractivity contribution is 0.254. The molecule has 106 valence electrons. The lowest BCUT2D eigenvalue weighted by atomic mass is 10.2. The number of rotatable bonds is 9. The van der Waals surface area contributed by atoms with Crippen molar-refractivity contribution in [3.05, 3.63) is 35.8 Å². The van der Waals surface area contributed by atoms with E-state index < -0.39 is 0 Å². The molecule has 1 aliphatic carbocycles. The smallest absolute Gasteiger partial charge is 0.120 e. The van der Waals surface area contributed by atoms with E-state index in [1.807, 2.05) is 6.08 Å². The molecule has 3 nitrogen and oxygen atoms in total. The van der Waals surface area contributed by atoms with Crippen LogP contribution in [0.5, 0.6) is 0 Å². The molecule has 1 N–H and O–H groups in total. The third kappa shape index (κ3) is 4.22. The zero-order valence-corrected chi connectivity index (χ0v) is 12.2. The fourth-order valence-corrected chi connectivity index (χ4v) is 2.37. The van der Waals surface area contributed by atoms with E-state index in [1.54, 1.807) is 0 Å². The first kappa shape index (κ1) is 14.4. The van der Waals surface area contributed by atoms with Crippen LogP contribution in [0.1, 0.15) is 43.3 Å². The van der Waals surface area contributed by atoms with E-state index in [0.29, 0.717) is 0 Å². The Labute approximate surface area is 116 Å². The highest BCUT2D eigenvalue weighted by Crippen LogP contribution is 2.28. The van der Waals surface area contributed by atoms with E-state index in [0.717, 1.165) is 50.2 Å². The normalized spacial score (nSPS) is 15.1. The Morgan fingerprint density at radius 2 is 2.32 bits per heavy atom. The minimum Gasteiger partial charge on any atom is -0.463 e. The van der Waals surface area contributed by atoms with Crippen LogP contribution in [0, 0.1) is 6.92 Å². The molecule has 0 spiro atoms. The molecular formula is C16H26N2O. The van der Waals surface area contributed by atoms with Crippen LogP contribution in [0.4, 0.5) is 0 Å². The van der Waals surface area contributed by atoms with Crippen LogP contribution in [0.25, 0.3) is 0 Å². The zero-order valence-electron chi connectivity index (χ0n) is 12.2. The minimum atomic E-state index is 0.741. The average molecular weight is 262 g/mol. The van der Waals surface area contributed by atoms with Gasteiger partial charge in [0.1, 0.15) is 11.5 Å². The Kier molecular flexibility index (Phi) is 5.23. The standard InChI is InChI=1S/C16H26N2O/c1-4-8-17-11-16-13(3)10-15(19-16)12-18(9-5-2)14-6-7-14/h5,10,14,17H,2,4,6-9,11-12H2,1,3H3. The number of furan rings is 1. The summed E-state index contributed by atoms with van der Waals surface area (Å²) in [5, 5.41) is 3.40. The first-order valence-electron chi connectivity index (χ1n) is 7.38. The van der Waals surface area contributed by atoms with Gasteiger partial charge in [-0.2, -0.15) is 0 Å². The molecule has 1 aromatic rings. The average Bonchev–Trinajstić information content (AvgIpc) is 3.16. The summed E-state index contributed by atoms with van der Waals surface area (Å²) in [6, 6.07) is 2.92. The summed E-state index contributed by atoms with van der Waals surface area (Å²) in [4.78, 5) is 2.45. The molecule has 0 aromatic carbocycles. The Morgan fingerprint density at radius 3 is 2.95 bits per heavy atom. The van der Waals surface area contributed by atoms with Crippen molar-refractivity contribution >= 4 is 0 Å². The van der Waals surface area contributed by atoms with Crippen molar-refractivity contribution < 1.29 is 4.42 Å². The van der Waals surface area contributed by atoms with Gasteiger partial charge in [0.25, 0.3) is 0 Å². The second-order valence-electron chi connectivity index (χ2n) is 5.44. The van der Waals surface area contributed by atoms with Crippen molar-refractivity contribution in [3.8, 4) is 0 Å². The van der Waals surface area contributed by atoms with Gasteiger partial charge in [0.15, 0.2) is 0 Å². The molecule has 0 saturated heterocycles. The van der Waals surface area contributed by atoms with Gasteiger partial charge in [-0.25, -0.2) is 0 Å². The second-order valence-corrected chi connectivity index (χ2v) is 5.44. The van der Waals surface area contributed by atoms with Gasteiger partial charge >= 0.3 is 0 Å². The molecule has 1 aliphatic rings. The Balaban J connectivity index is 1.92. The summed E-state index contributed by atoms with van der Waals surface area (Å²) >= 11 is 0. The molecule has 0 unspecified atom stereocenters. The first-order chi connectivity index (χ1) is 9.24. The fraction of sp³-hybridized carbons (Fsp3) is 0.625. The van der Waals surface area contributed by atoms with Gasteiger partial charge < -0.3 is 9.73 Å². The van der Waals surface area contributed by atoms with Gasteiger partial charge in [-0.15, -0.1) is 6.58 Å². The molecule has 0 aliphatic heterocycles. The Hall–Kier alpha value is -1.06. The maximum atomic E-state index is 5.98. The van der Waals surface area contributed by atoms with Crippen LogP contribution in [0.3, 0.4) is 0 Å². The summed E-state index contributed by atoms with van der Waals surface area (Å²) in [7, 11) is 0. The van der Waals surface area contributed by atoms with Gasteiger partial charge in [0.05, 0.1) is 13.1 Å². The molecule has 2 rings (SSSR count). The van der Waals surface area contributed by atoms with Crippen LogP contribution in [-0.4, -0.2) is 24.0 Å². The number of aryl methyl sites for hydroxylation is 1. The van der Waals surface area contributed by atoms with Crippen molar-refractivity contribution in [2.45, 2.75) is 52.2 Å². The van der Waals surface area contributed by atoms with Crippen molar-refractivity contribution in [2.75, 3.05) is 13.1 Å². The quantitative estimate of drug-likeness (QED) is 0.547. The van der Waals surface area contributed by atoms with E-state index in [-0.39, 0.29) is 0 Å². The predicted octanol–water partition coefficient (Wildman–Crippen LogP) is 3.24. The maximum absolute atomic E-state index is 5.98. The van der Waals surface area contributed by atoms with Crippen LogP contribution < -0.4 is 5.32 Å². The second kappa shape index (κ2) is 6.92. The third-order valence-electron chi connectivity index (χ3n) is 3.57. The Bertz CT molecular complexity index is 407. The molecule has 0 bridgehead atoms. The SMILES string of the molecule is C=CCN(Cc1cc(C)c(CNCCC)o1)C1CC1. The molecule has 3 heteroatoms. The molecule has 19 heavy (non-hydrogen) atoms. The van der Waals surface area contributed by atoms with Crippen molar-refractivity contribution in [2.24, 2.45) is 0 Å². The van der Waals surface area contributed by atoms with E-state index in [4.69, 9.17) is 4.42 Å². The third-order valence-corrected chi connectivity index (χ3v) is 3.57. The van der Waals surface area contributed by atoms with Crippen molar-refractivity contribution in [1.29, 1.82) is 0 Å². The van der Waals surface area contributed by atoms with Gasteiger partial charge in [-0.05, 0) is 44.4 Å². The number of nitrogens with one attached hydrogen (secondary N) is 1. The molecule has 1 fully saturated rings. The largest absolute Gasteiger partial charge is 0.463 e. The lowest BCUT2D eigenvalue weighted by Gasteiger charge is -2.18. The first-order valence-corrected chi connectivity index (χ1v) is 7.38. The summed E-state index contributed by atoms with van der Waals surface area (Å²) in [5.41, 5.74) is 1.26. The monoisotopic (exact) mass is 262 g/mol. The Morgan fingerprint density at radius 1 is 1.53 bits per heavy atom. The van der Waals surface area contributed by atoms with Gasteiger partial charge in [-0.3, -0.25) is 4.90 Å². The summed E-state index contributed by atoms with van der Waals surface area (Å²) < 4.78 is 5.98. The number of nitrogens with zero attached hydrogens (tertiary/aromatic N) is 1. The number of hydrogen-bond acceptors (Lipinski definition) is 3. The van der Waals surface area contributed by atoms with E-state index in [2.05, 4.69) is 36.7 Å². The van der Waals surface area contributed by atoms with E-state index in [1.165, 1.54) is 18.4 Å². The topological polar surface area (TPSA) is 28.4 Å². The van der Waals surface area contributed by atoms with Gasteiger partial charge in [0, 0.05) is 12.6 Å². The predicted molar refractivity (Wildman–Crippen MR) is 79.1 cm³/mol. The lowest BCUT2D eigenvalue weighted by Crippen LogP contribution is -2.25. The van der Waals surface area contributed by atoms with E-state index in [9.17, 15) is 0 Å². The summed E-state index contributed by atoms with van der Waals surface area (Å²) in [6.45, 7) is 11.9. The van der Waals surface area contributed by atoms with Crippen LogP contribution in [-0.2, 0) is 13.1 Å². The maximum Gasteiger partial charge on any atom is 0.120 e. The molecule has 0 amide bonds. The van der Waals surface area contributed by atoms with Crippen LogP contribution >= 0.6 is 0 Å². The highest BCUT2D eigenvalue weighted by Gasteiger charge is 2.28. The van der Waals surface area contributed by atoms with Gasteiger partial charge in [0.2, 0.25) is 0 Å². The zero-order chi connectivity index (χ0) is 13.7. The minimum absolute atomic E-state index is 0.741. The molecule has 1 aromatic heterocycles. The van der Waals surface area contributed by atoms with Gasteiger partial charge in [-0.1, -0.05) is 13.0 Å². The van der Waals surface area contributed by atoms with Crippen LogP contribution in [0.2, 0.25) is 0 Å². The van der Waals surface area contributed by atoms with Crippen LogP contribution in [0.15, 0.2) is 23.1 Å². The summed E-state index contributed by atoms with van der Waals surface area (Å²) in [5.74, 6) is 2.16. The highest BCUT2D eigenvalue weighted by atomic mass is 16.3. The molecule has 1 saturated carbocycles. The van der Waals surface area contributed by atoms with Crippen molar-refractivity contribution in [1.82, 2.24) is 10.2 Å². The molecular weight excluding hydrogens is 236 g/mol. The summed E-state index contributed by atoms with van der Waals surface area (Å²) in [6.07, 6.45) is 5.77. The van der Waals surface area contributed by atoms with E-state index >= 15 is 0 Å². The van der Waals surface area contributed by atoms with Crippen molar-refractivity contribution in [3.63, 3.8) is 0 Å². The fourth-order valence-electron chi connectivity index (χ4n) is 2.37.